The number of hydrogen-bond acceptors (Lipinski definition) is 3. The maximum Gasteiger partial charge on any atom is 0.0227 e. The Morgan fingerprint density at radius 1 is 1.33 bits per heavy atom. The monoisotopic (exact) mass is 253 g/mol. The van der Waals surface area contributed by atoms with Crippen LogP contribution in [0, 0.1) is 5.92 Å². The molecule has 0 aromatic carbocycles. The second kappa shape index (κ2) is 6.36. The van der Waals surface area contributed by atoms with Gasteiger partial charge in [-0.15, -0.1) is 0 Å². The third-order valence-corrected chi connectivity index (χ3v) is 5.05. The van der Waals surface area contributed by atoms with Gasteiger partial charge in [0.25, 0.3) is 0 Å². The SMILES string of the molecule is CCC(C)C1CN(C2CCCN(C)C2)C(C)CN1. The quantitative estimate of drug-likeness (QED) is 0.827. The molecule has 2 fully saturated rings. The lowest BCUT2D eigenvalue weighted by Crippen LogP contribution is -2.62. The molecular weight excluding hydrogens is 222 g/mol. The van der Waals surface area contributed by atoms with E-state index in [1.807, 2.05) is 0 Å². The topological polar surface area (TPSA) is 18.5 Å². The number of piperidine rings is 1. The second-order valence-corrected chi connectivity index (χ2v) is 6.50. The van der Waals surface area contributed by atoms with E-state index in [-0.39, 0.29) is 0 Å². The van der Waals surface area contributed by atoms with Gasteiger partial charge in [-0.05, 0) is 39.3 Å². The first-order chi connectivity index (χ1) is 8.61. The Kier molecular flexibility index (Phi) is 5.05. The molecule has 3 nitrogen and oxygen atoms in total. The summed E-state index contributed by atoms with van der Waals surface area (Å²) >= 11 is 0. The van der Waals surface area contributed by atoms with Gasteiger partial charge in [-0.3, -0.25) is 4.90 Å². The van der Waals surface area contributed by atoms with Crippen LogP contribution in [0.5, 0.6) is 0 Å². The van der Waals surface area contributed by atoms with Crippen molar-refractivity contribution in [2.24, 2.45) is 5.92 Å². The van der Waals surface area contributed by atoms with E-state index in [2.05, 4.69) is 42.9 Å². The highest BCUT2D eigenvalue weighted by atomic mass is 15.3. The molecule has 2 aliphatic rings. The van der Waals surface area contributed by atoms with E-state index in [4.69, 9.17) is 0 Å². The van der Waals surface area contributed by atoms with Crippen molar-refractivity contribution in [1.29, 1.82) is 0 Å². The Morgan fingerprint density at radius 2 is 2.11 bits per heavy atom. The van der Waals surface area contributed by atoms with Gasteiger partial charge >= 0.3 is 0 Å². The van der Waals surface area contributed by atoms with Crippen molar-refractivity contribution in [2.45, 2.75) is 58.2 Å². The summed E-state index contributed by atoms with van der Waals surface area (Å²) in [7, 11) is 2.27. The summed E-state index contributed by atoms with van der Waals surface area (Å²) in [5.74, 6) is 0.793. The lowest BCUT2D eigenvalue weighted by atomic mass is 9.93. The van der Waals surface area contributed by atoms with Gasteiger partial charge in [0.05, 0.1) is 0 Å². The van der Waals surface area contributed by atoms with E-state index in [0.29, 0.717) is 12.1 Å². The molecule has 0 amide bonds. The number of likely N-dealkylation sites (N-methyl/N-ethyl adjacent to an activating group) is 1. The first-order valence-electron chi connectivity index (χ1n) is 7.79. The van der Waals surface area contributed by atoms with Crippen LogP contribution < -0.4 is 5.32 Å². The summed E-state index contributed by atoms with van der Waals surface area (Å²) in [5.41, 5.74) is 0. The normalized spacial score (nSPS) is 37.7. The van der Waals surface area contributed by atoms with Crippen molar-refractivity contribution in [3.63, 3.8) is 0 Å². The summed E-state index contributed by atoms with van der Waals surface area (Å²) in [6.45, 7) is 12.0. The van der Waals surface area contributed by atoms with Gasteiger partial charge in [0.2, 0.25) is 0 Å². The van der Waals surface area contributed by atoms with Gasteiger partial charge in [0.1, 0.15) is 0 Å². The number of nitrogens with one attached hydrogen (secondary N) is 1. The zero-order valence-corrected chi connectivity index (χ0v) is 12.7. The molecule has 2 saturated heterocycles. The van der Waals surface area contributed by atoms with E-state index in [1.165, 1.54) is 38.9 Å². The molecular formula is C15H31N3. The summed E-state index contributed by atoms with van der Waals surface area (Å²) in [6.07, 6.45) is 4.04. The van der Waals surface area contributed by atoms with Crippen LogP contribution in [0.4, 0.5) is 0 Å². The minimum atomic E-state index is 0.693. The molecule has 3 heteroatoms. The molecule has 0 aromatic heterocycles. The molecule has 0 spiro atoms. The van der Waals surface area contributed by atoms with E-state index in [9.17, 15) is 0 Å². The predicted molar refractivity (Wildman–Crippen MR) is 77.9 cm³/mol. The Bertz CT molecular complexity index is 256. The van der Waals surface area contributed by atoms with Crippen LogP contribution in [0.1, 0.15) is 40.0 Å². The molecule has 2 aliphatic heterocycles. The molecule has 18 heavy (non-hydrogen) atoms. The molecule has 0 aromatic rings. The van der Waals surface area contributed by atoms with Crippen molar-refractivity contribution in [3.8, 4) is 0 Å². The fourth-order valence-electron chi connectivity index (χ4n) is 3.50. The van der Waals surface area contributed by atoms with Gasteiger partial charge in [0, 0.05) is 37.8 Å². The molecule has 106 valence electrons. The molecule has 2 rings (SSSR count). The van der Waals surface area contributed by atoms with Crippen LogP contribution in [0.2, 0.25) is 0 Å². The smallest absolute Gasteiger partial charge is 0.0227 e. The van der Waals surface area contributed by atoms with Crippen LogP contribution in [0.25, 0.3) is 0 Å². The average Bonchev–Trinajstić information content (AvgIpc) is 2.38. The van der Waals surface area contributed by atoms with E-state index in [1.54, 1.807) is 0 Å². The summed E-state index contributed by atoms with van der Waals surface area (Å²) in [6, 6.07) is 2.17. The molecule has 0 bridgehead atoms. The van der Waals surface area contributed by atoms with E-state index < -0.39 is 0 Å². The highest BCUT2D eigenvalue weighted by molar-refractivity contribution is 4.91. The Balaban J connectivity index is 1.96. The molecule has 4 atom stereocenters. The maximum atomic E-state index is 3.74. The first-order valence-corrected chi connectivity index (χ1v) is 7.79. The number of rotatable bonds is 3. The van der Waals surface area contributed by atoms with E-state index >= 15 is 0 Å². The van der Waals surface area contributed by atoms with Gasteiger partial charge < -0.3 is 10.2 Å². The van der Waals surface area contributed by atoms with Gasteiger partial charge in [-0.1, -0.05) is 20.3 Å². The van der Waals surface area contributed by atoms with Gasteiger partial charge in [-0.2, -0.15) is 0 Å². The zero-order valence-electron chi connectivity index (χ0n) is 12.7. The van der Waals surface area contributed by atoms with Gasteiger partial charge in [-0.25, -0.2) is 0 Å². The van der Waals surface area contributed by atoms with Crippen LogP contribution in [-0.4, -0.2) is 61.2 Å². The van der Waals surface area contributed by atoms with Crippen LogP contribution in [0.15, 0.2) is 0 Å². The van der Waals surface area contributed by atoms with E-state index in [0.717, 1.165) is 18.5 Å². The third-order valence-electron chi connectivity index (χ3n) is 5.05. The van der Waals surface area contributed by atoms with Gasteiger partial charge in [0.15, 0.2) is 0 Å². The predicted octanol–water partition coefficient (Wildman–Crippen LogP) is 1.79. The Morgan fingerprint density at radius 3 is 2.78 bits per heavy atom. The maximum absolute atomic E-state index is 3.74. The minimum absolute atomic E-state index is 0.693. The van der Waals surface area contributed by atoms with Crippen molar-refractivity contribution < 1.29 is 0 Å². The third kappa shape index (κ3) is 3.25. The molecule has 0 aliphatic carbocycles. The number of hydrogen-bond donors (Lipinski definition) is 1. The Hall–Kier alpha value is -0.120. The molecule has 1 N–H and O–H groups in total. The second-order valence-electron chi connectivity index (χ2n) is 6.50. The molecule has 0 saturated carbocycles. The number of piperazine rings is 1. The standard InChI is InChI=1S/C15H31N3/c1-5-12(2)15-11-18(13(3)9-16-15)14-7-6-8-17(4)10-14/h12-16H,5-11H2,1-4H3. The summed E-state index contributed by atoms with van der Waals surface area (Å²) < 4.78 is 0. The Labute approximate surface area is 113 Å². The highest BCUT2D eigenvalue weighted by Crippen LogP contribution is 2.22. The lowest BCUT2D eigenvalue weighted by Gasteiger charge is -2.47. The van der Waals surface area contributed by atoms with Crippen molar-refractivity contribution in [3.05, 3.63) is 0 Å². The lowest BCUT2D eigenvalue weighted by molar-refractivity contribution is 0.0390. The fourth-order valence-corrected chi connectivity index (χ4v) is 3.50. The summed E-state index contributed by atoms with van der Waals surface area (Å²) in [5, 5.41) is 3.74. The fraction of sp³-hybridized carbons (Fsp3) is 1.00. The van der Waals surface area contributed by atoms with Crippen LogP contribution in [-0.2, 0) is 0 Å². The van der Waals surface area contributed by atoms with Crippen molar-refractivity contribution in [2.75, 3.05) is 33.2 Å². The number of likely N-dealkylation sites (tertiary alicyclic amines) is 1. The van der Waals surface area contributed by atoms with Crippen LogP contribution in [0.3, 0.4) is 0 Å². The van der Waals surface area contributed by atoms with Crippen molar-refractivity contribution >= 4 is 0 Å². The average molecular weight is 253 g/mol. The highest BCUT2D eigenvalue weighted by Gasteiger charge is 2.33. The zero-order chi connectivity index (χ0) is 13.1. The minimum Gasteiger partial charge on any atom is -0.311 e. The van der Waals surface area contributed by atoms with Crippen molar-refractivity contribution in [1.82, 2.24) is 15.1 Å². The summed E-state index contributed by atoms with van der Waals surface area (Å²) in [4.78, 5) is 5.28. The largest absolute Gasteiger partial charge is 0.311 e. The first kappa shape index (κ1) is 14.3. The number of nitrogens with zero attached hydrogens (tertiary/aromatic N) is 2. The van der Waals surface area contributed by atoms with Crippen LogP contribution >= 0.6 is 0 Å². The molecule has 0 radical (unpaired) electrons. The molecule has 4 unspecified atom stereocenters. The molecule has 2 heterocycles.